The Bertz CT molecular complexity index is 1500. The summed E-state index contributed by atoms with van der Waals surface area (Å²) >= 11 is 0. The number of benzene rings is 3. The van der Waals surface area contributed by atoms with Crippen LogP contribution in [0.4, 0.5) is 15.9 Å². The second-order valence-corrected chi connectivity index (χ2v) is 8.10. The molecular formula is C29H24FN3O2. The monoisotopic (exact) mass is 465 g/mol. The van der Waals surface area contributed by atoms with E-state index in [1.165, 1.54) is 12.3 Å². The Morgan fingerprint density at radius 2 is 1.57 bits per heavy atom. The minimum absolute atomic E-state index is 0.204. The number of pyridine rings is 2. The van der Waals surface area contributed by atoms with Crippen molar-refractivity contribution in [2.24, 2.45) is 0 Å². The van der Waals surface area contributed by atoms with E-state index in [0.29, 0.717) is 23.6 Å². The third-order valence-electron chi connectivity index (χ3n) is 5.79. The van der Waals surface area contributed by atoms with Crippen molar-refractivity contribution >= 4 is 22.5 Å². The highest BCUT2D eigenvalue weighted by atomic mass is 19.1. The summed E-state index contributed by atoms with van der Waals surface area (Å²) in [5, 5.41) is 3.52. The molecule has 1 N–H and O–H groups in total. The van der Waals surface area contributed by atoms with E-state index in [1.807, 2.05) is 102 Å². The zero-order chi connectivity index (χ0) is 24.2. The van der Waals surface area contributed by atoms with Gasteiger partial charge in [-0.15, -0.1) is 0 Å². The lowest BCUT2D eigenvalue weighted by Gasteiger charge is -2.22. The molecule has 1 unspecified atom stereocenters. The van der Waals surface area contributed by atoms with Crippen molar-refractivity contribution in [1.82, 2.24) is 9.55 Å². The number of ether oxygens (including phenoxy) is 1. The van der Waals surface area contributed by atoms with Crippen LogP contribution in [0.1, 0.15) is 25.0 Å². The topological polar surface area (TPSA) is 56.1 Å². The van der Waals surface area contributed by atoms with Gasteiger partial charge in [-0.3, -0.25) is 9.36 Å². The summed E-state index contributed by atoms with van der Waals surface area (Å²) in [6.07, 6.45) is 0.979. The summed E-state index contributed by atoms with van der Waals surface area (Å²) in [7, 11) is 0. The van der Waals surface area contributed by atoms with Crippen molar-refractivity contribution in [2.75, 3.05) is 5.32 Å². The summed E-state index contributed by atoms with van der Waals surface area (Å²) in [6, 6.07) is 29.8. The minimum Gasteiger partial charge on any atom is -0.486 e. The number of nitrogens with zero attached hydrogens (tertiary/aromatic N) is 2. The van der Waals surface area contributed by atoms with Gasteiger partial charge in [0.15, 0.2) is 11.1 Å². The first-order chi connectivity index (χ1) is 17.2. The number of para-hydroxylation sites is 3. The molecule has 0 radical (unpaired) electrons. The molecule has 174 valence electrons. The van der Waals surface area contributed by atoms with Gasteiger partial charge in [-0.25, -0.2) is 9.37 Å². The first kappa shape index (κ1) is 22.3. The maximum atomic E-state index is 15.3. The van der Waals surface area contributed by atoms with Crippen molar-refractivity contribution < 1.29 is 9.13 Å². The van der Waals surface area contributed by atoms with Crippen molar-refractivity contribution in [3.63, 3.8) is 0 Å². The lowest BCUT2D eigenvalue weighted by Crippen LogP contribution is -2.19. The summed E-state index contributed by atoms with van der Waals surface area (Å²) in [5.41, 5.74) is 1.84. The number of rotatable bonds is 7. The molecule has 0 aliphatic heterocycles. The standard InChI is InChI=1S/C29H24FN3O2/c1-2-25(35-22-16-10-5-11-17-22)27-23(30)19-31-29-28(27)24(34)18-26(32-20-12-6-3-7-13-20)33(29)21-14-8-4-9-15-21/h3-19,25,32H,2H2,1H3. The van der Waals surface area contributed by atoms with Crippen molar-refractivity contribution in [3.05, 3.63) is 125 Å². The Kier molecular flexibility index (Phi) is 6.26. The van der Waals surface area contributed by atoms with Crippen molar-refractivity contribution in [3.8, 4) is 11.4 Å². The van der Waals surface area contributed by atoms with Crippen molar-refractivity contribution in [1.29, 1.82) is 0 Å². The molecule has 0 aliphatic carbocycles. The molecule has 3 aromatic carbocycles. The number of anilines is 2. The maximum absolute atomic E-state index is 15.3. The largest absolute Gasteiger partial charge is 0.486 e. The molecule has 5 nitrogen and oxygen atoms in total. The molecule has 35 heavy (non-hydrogen) atoms. The second kappa shape index (κ2) is 9.81. The molecule has 0 spiro atoms. The normalized spacial score (nSPS) is 11.8. The van der Waals surface area contributed by atoms with Gasteiger partial charge in [-0.05, 0) is 42.8 Å². The quantitative estimate of drug-likeness (QED) is 0.287. The number of aromatic nitrogens is 2. The van der Waals surface area contributed by atoms with Gasteiger partial charge >= 0.3 is 0 Å². The average molecular weight is 466 g/mol. The van der Waals surface area contributed by atoms with Crippen LogP contribution < -0.4 is 15.5 Å². The van der Waals surface area contributed by atoms with Crippen molar-refractivity contribution in [2.45, 2.75) is 19.4 Å². The molecule has 0 saturated heterocycles. The highest BCUT2D eigenvalue weighted by Crippen LogP contribution is 2.33. The van der Waals surface area contributed by atoms with Gasteiger partial charge in [0.25, 0.3) is 0 Å². The van der Waals surface area contributed by atoms with Crippen LogP contribution in [0.2, 0.25) is 0 Å². The Morgan fingerprint density at radius 1 is 0.943 bits per heavy atom. The van der Waals surface area contributed by atoms with Crippen LogP contribution in [0, 0.1) is 5.82 Å². The highest BCUT2D eigenvalue weighted by Gasteiger charge is 2.24. The van der Waals surface area contributed by atoms with E-state index in [2.05, 4.69) is 10.3 Å². The van der Waals surface area contributed by atoms with E-state index >= 15 is 4.39 Å². The van der Waals surface area contributed by atoms with Crippen LogP contribution in [-0.2, 0) is 0 Å². The molecule has 0 fully saturated rings. The van der Waals surface area contributed by atoms with Crippen LogP contribution in [0.3, 0.4) is 0 Å². The molecule has 5 rings (SSSR count). The summed E-state index contributed by atoms with van der Waals surface area (Å²) < 4.78 is 23.3. The predicted octanol–water partition coefficient (Wildman–Crippen LogP) is 6.80. The first-order valence-corrected chi connectivity index (χ1v) is 11.5. The molecule has 0 bridgehead atoms. The Hall–Kier alpha value is -4.45. The third-order valence-corrected chi connectivity index (χ3v) is 5.79. The Morgan fingerprint density at radius 3 is 2.23 bits per heavy atom. The molecule has 0 amide bonds. The summed E-state index contributed by atoms with van der Waals surface area (Å²) in [4.78, 5) is 17.9. The van der Waals surface area contributed by atoms with Gasteiger partial charge in [-0.1, -0.05) is 61.5 Å². The van der Waals surface area contributed by atoms with E-state index in [4.69, 9.17) is 4.74 Å². The molecule has 0 saturated carbocycles. The Labute approximate surface area is 202 Å². The molecule has 5 aromatic rings. The average Bonchev–Trinajstić information content (AvgIpc) is 2.89. The van der Waals surface area contributed by atoms with Crippen LogP contribution in [0.5, 0.6) is 5.75 Å². The zero-order valence-electron chi connectivity index (χ0n) is 19.2. The van der Waals surface area contributed by atoms with Gasteiger partial charge < -0.3 is 10.1 Å². The highest BCUT2D eigenvalue weighted by molar-refractivity contribution is 5.84. The molecular weight excluding hydrogens is 441 g/mol. The number of fused-ring (bicyclic) bond motifs is 1. The van der Waals surface area contributed by atoms with Gasteiger partial charge in [0, 0.05) is 23.0 Å². The van der Waals surface area contributed by atoms with E-state index in [9.17, 15) is 4.79 Å². The lowest BCUT2D eigenvalue weighted by atomic mass is 10.0. The van der Waals surface area contributed by atoms with Gasteiger partial charge in [-0.2, -0.15) is 0 Å². The van der Waals surface area contributed by atoms with Gasteiger partial charge in [0.2, 0.25) is 0 Å². The SMILES string of the molecule is CCC(Oc1ccccc1)c1c(F)cnc2c1c(=O)cc(Nc1ccccc1)n2-c1ccccc1. The summed E-state index contributed by atoms with van der Waals surface area (Å²) in [6.45, 7) is 1.90. The number of hydrogen-bond donors (Lipinski definition) is 1. The van der Waals surface area contributed by atoms with Gasteiger partial charge in [0.1, 0.15) is 23.5 Å². The van der Waals surface area contributed by atoms with Gasteiger partial charge in [0.05, 0.1) is 11.6 Å². The molecule has 2 heterocycles. The number of hydrogen-bond acceptors (Lipinski definition) is 4. The minimum atomic E-state index is -0.659. The van der Waals surface area contributed by atoms with E-state index in [1.54, 1.807) is 0 Å². The summed E-state index contributed by atoms with van der Waals surface area (Å²) in [5.74, 6) is 0.567. The zero-order valence-corrected chi connectivity index (χ0v) is 19.2. The van der Waals surface area contributed by atoms with E-state index < -0.39 is 11.9 Å². The number of halogens is 1. The van der Waals surface area contributed by atoms with Crippen LogP contribution in [0.25, 0.3) is 16.7 Å². The van der Waals surface area contributed by atoms with Crippen LogP contribution in [-0.4, -0.2) is 9.55 Å². The molecule has 0 aliphatic rings. The fourth-order valence-corrected chi connectivity index (χ4v) is 4.20. The van der Waals surface area contributed by atoms with E-state index in [-0.39, 0.29) is 16.4 Å². The molecule has 2 aromatic heterocycles. The lowest BCUT2D eigenvalue weighted by molar-refractivity contribution is 0.198. The Balaban J connectivity index is 1.75. The second-order valence-electron chi connectivity index (χ2n) is 8.10. The maximum Gasteiger partial charge on any atom is 0.193 e. The number of nitrogens with one attached hydrogen (secondary N) is 1. The molecule has 1 atom stereocenters. The van der Waals surface area contributed by atoms with Crippen LogP contribution >= 0.6 is 0 Å². The smallest absolute Gasteiger partial charge is 0.193 e. The fourth-order valence-electron chi connectivity index (χ4n) is 4.20. The first-order valence-electron chi connectivity index (χ1n) is 11.5. The fraction of sp³-hybridized carbons (Fsp3) is 0.103. The molecule has 6 heteroatoms. The predicted molar refractivity (Wildman–Crippen MR) is 137 cm³/mol. The third kappa shape index (κ3) is 4.51. The van der Waals surface area contributed by atoms with Crippen LogP contribution in [0.15, 0.2) is 108 Å². The van der Waals surface area contributed by atoms with E-state index in [0.717, 1.165) is 11.4 Å².